The van der Waals surface area contributed by atoms with Crippen LogP contribution in [0.1, 0.15) is 42.4 Å². The summed E-state index contributed by atoms with van der Waals surface area (Å²) < 4.78 is 5.13. The second-order valence-corrected chi connectivity index (χ2v) is 7.79. The fourth-order valence-electron chi connectivity index (χ4n) is 2.74. The van der Waals surface area contributed by atoms with Gasteiger partial charge in [-0.05, 0) is 52.9 Å². The molecule has 3 rings (SSSR count). The number of anilines is 2. The smallest absolute Gasteiger partial charge is 0.272 e. The van der Waals surface area contributed by atoms with Crippen molar-refractivity contribution in [1.29, 1.82) is 0 Å². The Balaban J connectivity index is 1.56. The average molecular weight is 390 g/mol. The van der Waals surface area contributed by atoms with E-state index in [4.69, 9.17) is 4.74 Å². The molecule has 0 aliphatic carbocycles. The first-order valence-corrected chi connectivity index (χ1v) is 9.47. The van der Waals surface area contributed by atoms with Crippen molar-refractivity contribution in [3.8, 4) is 5.75 Å². The van der Waals surface area contributed by atoms with Crippen LogP contribution < -0.4 is 15.4 Å². The molecule has 0 saturated carbocycles. The minimum Gasteiger partial charge on any atom is -0.497 e. The monoisotopic (exact) mass is 390 g/mol. The molecule has 3 aromatic rings. The Kier molecular flexibility index (Phi) is 6.12. The highest BCUT2D eigenvalue weighted by Crippen LogP contribution is 2.24. The fraction of sp³-hybridized carbons (Fsp3) is 0.261. The number of nitrogens with one attached hydrogen (secondary N) is 2. The topological polar surface area (TPSA) is 76.1 Å². The molecule has 0 aliphatic heterocycles. The maximum Gasteiger partial charge on any atom is 0.272 e. The van der Waals surface area contributed by atoms with Gasteiger partial charge in [0, 0.05) is 12.2 Å². The summed E-state index contributed by atoms with van der Waals surface area (Å²) in [4.78, 5) is 12.3. The first kappa shape index (κ1) is 20.3. The molecule has 0 atom stereocenters. The molecule has 150 valence electrons. The molecule has 1 heterocycles. The van der Waals surface area contributed by atoms with E-state index in [-0.39, 0.29) is 17.0 Å². The minimum atomic E-state index is -0.269. The molecule has 2 N–H and O–H groups in total. The Labute approximate surface area is 171 Å². The van der Waals surface area contributed by atoms with Gasteiger partial charge in [0.2, 0.25) is 0 Å². The van der Waals surface area contributed by atoms with Crippen molar-refractivity contribution in [1.82, 2.24) is 15.5 Å². The van der Waals surface area contributed by atoms with Gasteiger partial charge in [0.15, 0.2) is 11.5 Å². The molecule has 1 aromatic heterocycles. The summed E-state index contributed by atoms with van der Waals surface area (Å²) in [6.07, 6.45) is 0. The van der Waals surface area contributed by atoms with Crippen LogP contribution in [0.2, 0.25) is 0 Å². The van der Waals surface area contributed by atoms with E-state index in [1.807, 2.05) is 36.4 Å². The van der Waals surface area contributed by atoms with Gasteiger partial charge in [0.25, 0.3) is 5.91 Å². The summed E-state index contributed by atoms with van der Waals surface area (Å²) in [6.45, 7) is 6.95. The second-order valence-electron chi connectivity index (χ2n) is 7.79. The van der Waals surface area contributed by atoms with Crippen LogP contribution in [0, 0.1) is 0 Å². The quantitative estimate of drug-likeness (QED) is 0.650. The third kappa shape index (κ3) is 5.54. The first-order valence-electron chi connectivity index (χ1n) is 9.47. The molecule has 0 saturated heterocycles. The zero-order valence-corrected chi connectivity index (χ0v) is 17.2. The van der Waals surface area contributed by atoms with Crippen LogP contribution in [0.3, 0.4) is 0 Å². The lowest BCUT2D eigenvalue weighted by Crippen LogP contribution is -2.24. The summed E-state index contributed by atoms with van der Waals surface area (Å²) in [5, 5.41) is 14.2. The van der Waals surface area contributed by atoms with Gasteiger partial charge in [-0.2, -0.15) is 0 Å². The van der Waals surface area contributed by atoms with Gasteiger partial charge < -0.3 is 15.4 Å². The van der Waals surface area contributed by atoms with Crippen LogP contribution in [0.5, 0.6) is 5.75 Å². The highest BCUT2D eigenvalue weighted by molar-refractivity contribution is 5.92. The molecule has 6 nitrogen and oxygen atoms in total. The lowest BCUT2D eigenvalue weighted by Gasteiger charge is -2.19. The number of carbonyl (C=O) groups excluding carboxylic acids is 1. The minimum absolute atomic E-state index is 0.110. The summed E-state index contributed by atoms with van der Waals surface area (Å²) in [5.74, 6) is 1.09. The standard InChI is InChI=1S/C23H26N4O2/c1-23(2,3)17-7-9-18(10-8-17)25-21-14-13-20(26-27-21)22(28)24-15-16-5-11-19(29-4)12-6-16/h5-14H,15H2,1-4H3,(H,24,28)(H,25,27). The lowest BCUT2D eigenvalue weighted by molar-refractivity contribution is 0.0945. The van der Waals surface area contributed by atoms with Gasteiger partial charge in [-0.25, -0.2) is 0 Å². The Hall–Kier alpha value is -3.41. The Morgan fingerprint density at radius 1 is 0.931 bits per heavy atom. The number of carbonyl (C=O) groups is 1. The summed E-state index contributed by atoms with van der Waals surface area (Å²) in [6, 6.07) is 19.1. The Morgan fingerprint density at radius 3 is 2.17 bits per heavy atom. The van der Waals surface area contributed by atoms with E-state index < -0.39 is 0 Å². The lowest BCUT2D eigenvalue weighted by atomic mass is 9.87. The fourth-order valence-corrected chi connectivity index (χ4v) is 2.74. The van der Waals surface area contributed by atoms with Crippen LogP contribution in [0.25, 0.3) is 0 Å². The largest absolute Gasteiger partial charge is 0.497 e. The van der Waals surface area contributed by atoms with Crippen molar-refractivity contribution in [3.05, 3.63) is 77.5 Å². The number of nitrogens with zero attached hydrogens (tertiary/aromatic N) is 2. The number of rotatable bonds is 6. The molecule has 0 unspecified atom stereocenters. The number of hydrogen-bond acceptors (Lipinski definition) is 5. The van der Waals surface area contributed by atoms with E-state index in [9.17, 15) is 4.79 Å². The van der Waals surface area contributed by atoms with Gasteiger partial charge in [0.05, 0.1) is 7.11 Å². The van der Waals surface area contributed by atoms with Crippen molar-refractivity contribution < 1.29 is 9.53 Å². The molecule has 0 fully saturated rings. The average Bonchev–Trinajstić information content (AvgIpc) is 2.72. The van der Waals surface area contributed by atoms with Gasteiger partial charge in [-0.1, -0.05) is 45.0 Å². The normalized spacial score (nSPS) is 11.0. The molecule has 0 spiro atoms. The third-order valence-corrected chi connectivity index (χ3v) is 4.53. The summed E-state index contributed by atoms with van der Waals surface area (Å²) >= 11 is 0. The van der Waals surface area contributed by atoms with Crippen LogP contribution in [0.4, 0.5) is 11.5 Å². The van der Waals surface area contributed by atoms with Crippen LogP contribution in [-0.4, -0.2) is 23.2 Å². The summed E-state index contributed by atoms with van der Waals surface area (Å²) in [7, 11) is 1.62. The molecule has 1 amide bonds. The zero-order chi connectivity index (χ0) is 20.9. The van der Waals surface area contributed by atoms with E-state index in [0.717, 1.165) is 17.0 Å². The first-order chi connectivity index (χ1) is 13.8. The van der Waals surface area contributed by atoms with Gasteiger partial charge >= 0.3 is 0 Å². The highest BCUT2D eigenvalue weighted by atomic mass is 16.5. The van der Waals surface area contributed by atoms with Crippen molar-refractivity contribution in [2.75, 3.05) is 12.4 Å². The van der Waals surface area contributed by atoms with Gasteiger partial charge in [0.1, 0.15) is 5.75 Å². The van der Waals surface area contributed by atoms with Crippen LogP contribution in [0.15, 0.2) is 60.7 Å². The van der Waals surface area contributed by atoms with Gasteiger partial charge in [-0.15, -0.1) is 10.2 Å². The summed E-state index contributed by atoms with van der Waals surface area (Å²) in [5.41, 5.74) is 3.54. The maximum absolute atomic E-state index is 12.3. The van der Waals surface area contributed by atoms with E-state index in [0.29, 0.717) is 12.4 Å². The zero-order valence-electron chi connectivity index (χ0n) is 17.2. The number of benzene rings is 2. The molecular weight excluding hydrogens is 364 g/mol. The number of ether oxygens (including phenoxy) is 1. The van der Waals surface area contributed by atoms with Gasteiger partial charge in [-0.3, -0.25) is 4.79 Å². The Morgan fingerprint density at radius 2 is 1.62 bits per heavy atom. The molecule has 2 aromatic carbocycles. The number of hydrogen-bond donors (Lipinski definition) is 2. The van der Waals surface area contributed by atoms with Crippen LogP contribution in [-0.2, 0) is 12.0 Å². The van der Waals surface area contributed by atoms with E-state index >= 15 is 0 Å². The molecule has 0 aliphatic rings. The van der Waals surface area contributed by atoms with Crippen molar-refractivity contribution in [2.24, 2.45) is 0 Å². The maximum atomic E-state index is 12.3. The molecule has 6 heteroatoms. The van der Waals surface area contributed by atoms with E-state index in [1.54, 1.807) is 19.2 Å². The molecule has 29 heavy (non-hydrogen) atoms. The molecular formula is C23H26N4O2. The molecule has 0 bridgehead atoms. The molecule has 0 radical (unpaired) electrons. The van der Waals surface area contributed by atoms with E-state index in [1.165, 1.54) is 5.56 Å². The number of aromatic nitrogens is 2. The second kappa shape index (κ2) is 8.73. The Bertz CT molecular complexity index is 944. The van der Waals surface area contributed by atoms with E-state index in [2.05, 4.69) is 53.7 Å². The van der Waals surface area contributed by atoms with Crippen molar-refractivity contribution in [2.45, 2.75) is 32.7 Å². The number of amides is 1. The van der Waals surface area contributed by atoms with Crippen molar-refractivity contribution >= 4 is 17.4 Å². The predicted octanol–water partition coefficient (Wildman–Crippen LogP) is 4.46. The highest BCUT2D eigenvalue weighted by Gasteiger charge is 2.13. The van der Waals surface area contributed by atoms with Crippen LogP contribution >= 0.6 is 0 Å². The SMILES string of the molecule is COc1ccc(CNC(=O)c2ccc(Nc3ccc(C(C)(C)C)cc3)nn2)cc1. The predicted molar refractivity (Wildman–Crippen MR) is 115 cm³/mol. The third-order valence-electron chi connectivity index (χ3n) is 4.53. The van der Waals surface area contributed by atoms with Crippen molar-refractivity contribution in [3.63, 3.8) is 0 Å². The number of methoxy groups -OCH3 is 1.